The smallest absolute Gasteiger partial charge is 0.167 e. The van der Waals surface area contributed by atoms with Crippen LogP contribution >= 0.6 is 0 Å². The van der Waals surface area contributed by atoms with Crippen LogP contribution in [0, 0.1) is 0 Å². The zero-order chi connectivity index (χ0) is 17.2. The van der Waals surface area contributed by atoms with Crippen LogP contribution in [-0.4, -0.2) is 10.4 Å². The summed E-state index contributed by atoms with van der Waals surface area (Å²) in [5.41, 5.74) is 3.00. The second-order valence-corrected chi connectivity index (χ2v) is 6.24. The fraction of sp³-hybridized carbons (Fsp3) is 0.0870. The third-order valence-electron chi connectivity index (χ3n) is 4.62. The van der Waals surface area contributed by atoms with Crippen molar-refractivity contribution in [3.05, 3.63) is 96.7 Å². The maximum absolute atomic E-state index is 12.7. The zero-order valence-corrected chi connectivity index (χ0v) is 14.0. The van der Waals surface area contributed by atoms with Crippen LogP contribution in [0.5, 0.6) is 0 Å². The van der Waals surface area contributed by atoms with Crippen LogP contribution in [0.4, 0.5) is 0 Å². The summed E-state index contributed by atoms with van der Waals surface area (Å²) >= 11 is 0. The Balaban J connectivity index is 1.86. The molecule has 0 spiro atoms. The lowest BCUT2D eigenvalue weighted by atomic mass is 10.0. The van der Waals surface area contributed by atoms with E-state index in [2.05, 4.69) is 53.7 Å². The quantitative estimate of drug-likeness (QED) is 0.355. The second kappa shape index (κ2) is 6.40. The van der Waals surface area contributed by atoms with E-state index in [0.717, 1.165) is 23.1 Å². The van der Waals surface area contributed by atoms with Gasteiger partial charge in [-0.15, -0.1) is 6.58 Å². The molecule has 0 amide bonds. The number of fused-ring (bicyclic) bond motifs is 3. The highest BCUT2D eigenvalue weighted by Crippen LogP contribution is 2.30. The standard InChI is InChI=1S/C23H19NO/c1-2-14-24-16-19(15-22(25)18-9-4-3-5-10-18)21-13-12-17-8-6-7-11-20(17)23(21)24/h2-13,16H,1,14-15H2. The highest BCUT2D eigenvalue weighted by molar-refractivity contribution is 6.08. The number of carbonyl (C=O) groups is 1. The summed E-state index contributed by atoms with van der Waals surface area (Å²) in [4.78, 5) is 12.7. The van der Waals surface area contributed by atoms with Gasteiger partial charge in [0.15, 0.2) is 5.78 Å². The molecule has 0 N–H and O–H groups in total. The molecule has 0 saturated carbocycles. The van der Waals surface area contributed by atoms with E-state index in [1.165, 1.54) is 16.3 Å². The summed E-state index contributed by atoms with van der Waals surface area (Å²) in [5, 5.41) is 3.56. The Hall–Kier alpha value is -3.13. The van der Waals surface area contributed by atoms with Gasteiger partial charge in [0.1, 0.15) is 0 Å². The van der Waals surface area contributed by atoms with Crippen molar-refractivity contribution < 1.29 is 4.79 Å². The summed E-state index contributed by atoms with van der Waals surface area (Å²) in [7, 11) is 0. The molecular weight excluding hydrogens is 306 g/mol. The van der Waals surface area contributed by atoms with Crippen LogP contribution < -0.4 is 0 Å². The van der Waals surface area contributed by atoms with E-state index in [-0.39, 0.29) is 5.78 Å². The molecule has 0 unspecified atom stereocenters. The molecule has 3 aromatic carbocycles. The molecule has 2 nitrogen and oxygen atoms in total. The third kappa shape index (κ3) is 2.76. The SMILES string of the molecule is C=CCn1cc(CC(=O)c2ccccc2)c2ccc3ccccc3c21. The molecule has 1 aromatic heterocycles. The maximum Gasteiger partial charge on any atom is 0.167 e. The van der Waals surface area contributed by atoms with E-state index < -0.39 is 0 Å². The summed E-state index contributed by atoms with van der Waals surface area (Å²) < 4.78 is 2.19. The molecule has 0 radical (unpaired) electrons. The molecule has 0 bridgehead atoms. The highest BCUT2D eigenvalue weighted by atomic mass is 16.1. The van der Waals surface area contributed by atoms with E-state index in [1.54, 1.807) is 0 Å². The van der Waals surface area contributed by atoms with Crippen molar-refractivity contribution in [2.75, 3.05) is 0 Å². The number of ketones is 1. The number of benzene rings is 3. The van der Waals surface area contributed by atoms with Crippen molar-refractivity contribution in [3.63, 3.8) is 0 Å². The van der Waals surface area contributed by atoms with Crippen molar-refractivity contribution >= 4 is 27.5 Å². The van der Waals surface area contributed by atoms with E-state index in [9.17, 15) is 4.79 Å². The normalized spacial score (nSPS) is 11.0. The fourth-order valence-corrected chi connectivity index (χ4v) is 3.47. The molecule has 25 heavy (non-hydrogen) atoms. The zero-order valence-electron chi connectivity index (χ0n) is 14.0. The maximum atomic E-state index is 12.7. The molecule has 122 valence electrons. The number of allylic oxidation sites excluding steroid dienone is 1. The number of Topliss-reactive ketones (excluding diaryl/α,β-unsaturated/α-hetero) is 1. The lowest BCUT2D eigenvalue weighted by Gasteiger charge is -2.05. The molecule has 1 heterocycles. The van der Waals surface area contributed by atoms with Crippen LogP contribution in [0.1, 0.15) is 15.9 Å². The second-order valence-electron chi connectivity index (χ2n) is 6.24. The number of carbonyl (C=O) groups excluding carboxylic acids is 1. The fourth-order valence-electron chi connectivity index (χ4n) is 3.47. The van der Waals surface area contributed by atoms with Gasteiger partial charge >= 0.3 is 0 Å². The van der Waals surface area contributed by atoms with Gasteiger partial charge in [0.2, 0.25) is 0 Å². The Kier molecular flexibility index (Phi) is 3.95. The first-order valence-corrected chi connectivity index (χ1v) is 8.46. The van der Waals surface area contributed by atoms with Gasteiger partial charge in [-0.3, -0.25) is 4.79 Å². The summed E-state index contributed by atoms with van der Waals surface area (Å²) in [5.74, 6) is 0.145. The molecule has 0 aliphatic rings. The van der Waals surface area contributed by atoms with E-state index >= 15 is 0 Å². The Labute approximate surface area is 147 Å². The van der Waals surface area contributed by atoms with Gasteiger partial charge in [-0.1, -0.05) is 72.8 Å². The average molecular weight is 325 g/mol. The number of aromatic nitrogens is 1. The van der Waals surface area contributed by atoms with Gasteiger partial charge in [0, 0.05) is 35.5 Å². The molecule has 4 aromatic rings. The monoisotopic (exact) mass is 325 g/mol. The van der Waals surface area contributed by atoms with Gasteiger partial charge < -0.3 is 4.57 Å². The predicted octanol–water partition coefficient (Wildman–Crippen LogP) is 5.41. The van der Waals surface area contributed by atoms with Crippen molar-refractivity contribution in [2.45, 2.75) is 13.0 Å². The largest absolute Gasteiger partial charge is 0.343 e. The van der Waals surface area contributed by atoms with Crippen LogP contribution in [0.25, 0.3) is 21.7 Å². The highest BCUT2D eigenvalue weighted by Gasteiger charge is 2.14. The van der Waals surface area contributed by atoms with Gasteiger partial charge in [-0.25, -0.2) is 0 Å². The summed E-state index contributed by atoms with van der Waals surface area (Å²) in [6.07, 6.45) is 4.40. The van der Waals surface area contributed by atoms with Crippen LogP contribution in [0.15, 0.2) is 85.6 Å². The van der Waals surface area contributed by atoms with Gasteiger partial charge in [-0.2, -0.15) is 0 Å². The molecule has 4 rings (SSSR count). The van der Waals surface area contributed by atoms with E-state index in [4.69, 9.17) is 0 Å². The van der Waals surface area contributed by atoms with Crippen molar-refractivity contribution in [3.8, 4) is 0 Å². The minimum atomic E-state index is 0.145. The lowest BCUT2D eigenvalue weighted by Crippen LogP contribution is -2.02. The Morgan fingerprint density at radius 3 is 2.48 bits per heavy atom. The van der Waals surface area contributed by atoms with Gasteiger partial charge in [-0.05, 0) is 10.9 Å². The van der Waals surface area contributed by atoms with Crippen molar-refractivity contribution in [2.24, 2.45) is 0 Å². The number of hydrogen-bond donors (Lipinski definition) is 0. The minimum absolute atomic E-state index is 0.145. The Bertz CT molecular complexity index is 1070. The summed E-state index contributed by atoms with van der Waals surface area (Å²) in [6.45, 7) is 4.60. The van der Waals surface area contributed by atoms with Crippen molar-refractivity contribution in [1.29, 1.82) is 0 Å². The molecule has 0 saturated heterocycles. The third-order valence-corrected chi connectivity index (χ3v) is 4.62. The van der Waals surface area contributed by atoms with Gasteiger partial charge in [0.05, 0.1) is 5.52 Å². The molecular formula is C23H19NO. The first kappa shape index (κ1) is 15.4. The van der Waals surface area contributed by atoms with E-state index in [0.29, 0.717) is 6.42 Å². The summed E-state index contributed by atoms with van der Waals surface area (Å²) in [6, 6.07) is 22.1. The Morgan fingerprint density at radius 2 is 1.68 bits per heavy atom. The van der Waals surface area contributed by atoms with Crippen LogP contribution in [0.2, 0.25) is 0 Å². The number of nitrogens with zero attached hydrogens (tertiary/aromatic N) is 1. The predicted molar refractivity (Wildman–Crippen MR) is 104 cm³/mol. The average Bonchev–Trinajstić information content (AvgIpc) is 3.00. The number of rotatable bonds is 5. The molecule has 0 aliphatic heterocycles. The lowest BCUT2D eigenvalue weighted by molar-refractivity contribution is 0.0993. The van der Waals surface area contributed by atoms with Crippen molar-refractivity contribution in [1.82, 2.24) is 4.57 Å². The van der Waals surface area contributed by atoms with Gasteiger partial charge in [0.25, 0.3) is 0 Å². The molecule has 0 aliphatic carbocycles. The first-order valence-electron chi connectivity index (χ1n) is 8.46. The Morgan fingerprint density at radius 1 is 0.920 bits per heavy atom. The van der Waals surface area contributed by atoms with Crippen LogP contribution in [0.3, 0.4) is 0 Å². The van der Waals surface area contributed by atoms with Crippen LogP contribution in [-0.2, 0) is 13.0 Å². The molecule has 0 fully saturated rings. The topological polar surface area (TPSA) is 22.0 Å². The number of hydrogen-bond acceptors (Lipinski definition) is 1. The van der Waals surface area contributed by atoms with E-state index in [1.807, 2.05) is 36.4 Å². The molecule has 0 atom stereocenters. The minimum Gasteiger partial charge on any atom is -0.343 e. The molecule has 2 heteroatoms. The first-order chi connectivity index (χ1) is 12.3.